The SMILES string of the molecule is c1ccc(N(c2ccc(-c3ccc4c(c3)oc3c5ccccc5c(-c5ccc6ccccc6c5)cc43)cc2)c2ccc3oc4c5ccccc5ccc4c3c2)cc1. The molecule has 0 unspecified atom stereocenters. The van der Waals surface area contributed by atoms with Gasteiger partial charge in [-0.25, -0.2) is 0 Å². The predicted molar refractivity (Wildman–Crippen MR) is 239 cm³/mol. The maximum Gasteiger partial charge on any atom is 0.143 e. The number of anilines is 3. The van der Waals surface area contributed by atoms with Crippen LogP contribution in [-0.4, -0.2) is 0 Å². The van der Waals surface area contributed by atoms with Crippen molar-refractivity contribution < 1.29 is 8.83 Å². The second-order valence-corrected chi connectivity index (χ2v) is 14.9. The average Bonchev–Trinajstić information content (AvgIpc) is 3.85. The summed E-state index contributed by atoms with van der Waals surface area (Å²) in [5.74, 6) is 0. The molecule has 0 fully saturated rings. The van der Waals surface area contributed by atoms with Crippen LogP contribution < -0.4 is 4.90 Å². The van der Waals surface area contributed by atoms with Gasteiger partial charge >= 0.3 is 0 Å². The van der Waals surface area contributed by atoms with Gasteiger partial charge in [0.1, 0.15) is 22.3 Å². The minimum Gasteiger partial charge on any atom is -0.455 e. The first-order chi connectivity index (χ1) is 28.2. The molecule has 0 aliphatic carbocycles. The van der Waals surface area contributed by atoms with E-state index in [9.17, 15) is 0 Å². The number of benzene rings is 10. The van der Waals surface area contributed by atoms with Crippen LogP contribution in [0.1, 0.15) is 0 Å². The Morgan fingerprint density at radius 2 is 0.877 bits per heavy atom. The van der Waals surface area contributed by atoms with Gasteiger partial charge in [0.15, 0.2) is 0 Å². The number of rotatable bonds is 5. The molecule has 266 valence electrons. The van der Waals surface area contributed by atoms with E-state index in [1.807, 2.05) is 0 Å². The van der Waals surface area contributed by atoms with Crippen molar-refractivity contribution in [3.05, 3.63) is 200 Å². The van der Waals surface area contributed by atoms with Crippen molar-refractivity contribution in [3.8, 4) is 22.3 Å². The minimum atomic E-state index is 0.881. The summed E-state index contributed by atoms with van der Waals surface area (Å²) >= 11 is 0. The third kappa shape index (κ3) is 5.06. The van der Waals surface area contributed by atoms with E-state index in [1.54, 1.807) is 0 Å². The van der Waals surface area contributed by atoms with Gasteiger partial charge in [-0.1, -0.05) is 127 Å². The fourth-order valence-corrected chi connectivity index (χ4v) is 8.83. The van der Waals surface area contributed by atoms with Gasteiger partial charge in [-0.2, -0.15) is 0 Å². The molecule has 0 aliphatic heterocycles. The molecule has 0 saturated carbocycles. The van der Waals surface area contributed by atoms with E-state index in [2.05, 4.69) is 205 Å². The van der Waals surface area contributed by atoms with E-state index in [1.165, 1.54) is 32.7 Å². The zero-order valence-electron chi connectivity index (χ0n) is 30.8. The van der Waals surface area contributed by atoms with E-state index >= 15 is 0 Å². The number of nitrogens with zero attached hydrogens (tertiary/aromatic N) is 1. The Kier molecular flexibility index (Phi) is 6.93. The normalized spacial score (nSPS) is 11.9. The molecule has 12 rings (SSSR count). The first kappa shape index (κ1) is 31.7. The van der Waals surface area contributed by atoms with Crippen LogP contribution >= 0.6 is 0 Å². The smallest absolute Gasteiger partial charge is 0.143 e. The molecule has 0 bridgehead atoms. The third-order valence-corrected chi connectivity index (χ3v) is 11.6. The van der Waals surface area contributed by atoms with Crippen LogP contribution in [0.5, 0.6) is 0 Å². The van der Waals surface area contributed by atoms with Crippen LogP contribution in [0.2, 0.25) is 0 Å². The van der Waals surface area contributed by atoms with Gasteiger partial charge in [-0.05, 0) is 117 Å². The minimum absolute atomic E-state index is 0.881. The van der Waals surface area contributed by atoms with Crippen LogP contribution in [0.3, 0.4) is 0 Å². The highest BCUT2D eigenvalue weighted by atomic mass is 16.3. The van der Waals surface area contributed by atoms with Gasteiger partial charge in [0.2, 0.25) is 0 Å². The highest BCUT2D eigenvalue weighted by Gasteiger charge is 2.18. The Morgan fingerprint density at radius 1 is 0.281 bits per heavy atom. The summed E-state index contributed by atoms with van der Waals surface area (Å²) in [6, 6.07) is 71.5. The maximum absolute atomic E-state index is 6.73. The number of furan rings is 2. The lowest BCUT2D eigenvalue weighted by Crippen LogP contribution is -2.09. The fourth-order valence-electron chi connectivity index (χ4n) is 8.83. The summed E-state index contributed by atoms with van der Waals surface area (Å²) in [4.78, 5) is 2.31. The van der Waals surface area contributed by atoms with Crippen LogP contribution in [0, 0.1) is 0 Å². The summed E-state index contributed by atoms with van der Waals surface area (Å²) < 4.78 is 13.2. The Morgan fingerprint density at radius 3 is 1.74 bits per heavy atom. The Bertz CT molecular complexity index is 3520. The molecule has 57 heavy (non-hydrogen) atoms. The molecular weight excluding hydrogens is 695 g/mol. The molecule has 0 aliphatic rings. The van der Waals surface area contributed by atoms with Gasteiger partial charge in [0, 0.05) is 49.4 Å². The molecular formula is C54H33NO2. The van der Waals surface area contributed by atoms with Crippen molar-refractivity contribution in [2.24, 2.45) is 0 Å². The molecule has 2 heterocycles. The lowest BCUT2D eigenvalue weighted by atomic mass is 9.94. The van der Waals surface area contributed by atoms with Crippen LogP contribution in [0.4, 0.5) is 17.1 Å². The maximum atomic E-state index is 6.73. The number of hydrogen-bond acceptors (Lipinski definition) is 3. The van der Waals surface area contributed by atoms with Gasteiger partial charge in [0.05, 0.1) is 0 Å². The van der Waals surface area contributed by atoms with Crippen molar-refractivity contribution in [2.75, 3.05) is 4.90 Å². The summed E-state index contributed by atoms with van der Waals surface area (Å²) in [5, 5.41) is 11.6. The van der Waals surface area contributed by atoms with Crippen molar-refractivity contribution >= 4 is 93.3 Å². The third-order valence-electron chi connectivity index (χ3n) is 11.6. The van der Waals surface area contributed by atoms with E-state index in [-0.39, 0.29) is 0 Å². The molecule has 0 N–H and O–H groups in total. The number of para-hydroxylation sites is 1. The zero-order valence-corrected chi connectivity index (χ0v) is 30.8. The standard InChI is InChI=1S/C54H33NO2/c1-2-13-40(14-3-1)55(42-26-29-51-49(32-42)47-28-22-36-11-6-7-15-43(36)53(47)56-51)41-24-20-35(21-25-41)38-23-27-45-50-33-48(39-19-18-34-10-4-5-12-37(34)30-39)44-16-8-9-17-46(44)54(50)57-52(45)31-38/h1-33H. The largest absolute Gasteiger partial charge is 0.455 e. The number of fused-ring (bicyclic) bond motifs is 11. The first-order valence-electron chi connectivity index (χ1n) is 19.4. The Hall–Kier alpha value is -7.62. The lowest BCUT2D eigenvalue weighted by Gasteiger charge is -2.25. The second-order valence-electron chi connectivity index (χ2n) is 14.9. The Labute approximate surface area is 328 Å². The first-order valence-corrected chi connectivity index (χ1v) is 19.4. The van der Waals surface area contributed by atoms with Crippen molar-refractivity contribution in [1.82, 2.24) is 0 Å². The van der Waals surface area contributed by atoms with E-state index in [0.717, 1.165) is 82.8 Å². The molecule has 0 spiro atoms. The fraction of sp³-hybridized carbons (Fsp3) is 0. The van der Waals surface area contributed by atoms with Crippen LogP contribution in [0.25, 0.3) is 98.4 Å². The summed E-state index contributed by atoms with van der Waals surface area (Å²) in [5.41, 5.74) is 11.5. The molecule has 12 aromatic rings. The average molecular weight is 728 g/mol. The predicted octanol–water partition coefficient (Wildman–Crippen LogP) is 15.7. The molecule has 0 saturated heterocycles. The molecule has 0 amide bonds. The molecule has 0 radical (unpaired) electrons. The summed E-state index contributed by atoms with van der Waals surface area (Å²) in [6.07, 6.45) is 0. The van der Waals surface area contributed by atoms with Gasteiger partial charge in [0.25, 0.3) is 0 Å². The molecule has 10 aromatic carbocycles. The van der Waals surface area contributed by atoms with Crippen LogP contribution in [-0.2, 0) is 0 Å². The van der Waals surface area contributed by atoms with Crippen molar-refractivity contribution in [2.45, 2.75) is 0 Å². The van der Waals surface area contributed by atoms with Crippen LogP contribution in [0.15, 0.2) is 209 Å². The quantitative estimate of drug-likeness (QED) is 0.177. The van der Waals surface area contributed by atoms with Gasteiger partial charge in [-0.15, -0.1) is 0 Å². The molecule has 2 aromatic heterocycles. The molecule has 3 nitrogen and oxygen atoms in total. The zero-order chi connectivity index (χ0) is 37.5. The monoisotopic (exact) mass is 727 g/mol. The second kappa shape index (κ2) is 12.5. The highest BCUT2D eigenvalue weighted by molar-refractivity contribution is 6.20. The summed E-state index contributed by atoms with van der Waals surface area (Å²) in [7, 11) is 0. The number of hydrogen-bond donors (Lipinski definition) is 0. The topological polar surface area (TPSA) is 29.5 Å². The van der Waals surface area contributed by atoms with E-state index < -0.39 is 0 Å². The lowest BCUT2D eigenvalue weighted by molar-refractivity contribution is 0.672. The van der Waals surface area contributed by atoms with E-state index in [0.29, 0.717) is 0 Å². The van der Waals surface area contributed by atoms with Crippen molar-refractivity contribution in [1.29, 1.82) is 0 Å². The van der Waals surface area contributed by atoms with Gasteiger partial charge < -0.3 is 13.7 Å². The van der Waals surface area contributed by atoms with Crippen molar-refractivity contribution in [3.63, 3.8) is 0 Å². The molecule has 0 atom stereocenters. The molecule has 3 heteroatoms. The van der Waals surface area contributed by atoms with Gasteiger partial charge in [-0.3, -0.25) is 0 Å². The van der Waals surface area contributed by atoms with E-state index in [4.69, 9.17) is 8.83 Å². The summed E-state index contributed by atoms with van der Waals surface area (Å²) in [6.45, 7) is 0. The highest BCUT2D eigenvalue weighted by Crippen LogP contribution is 2.43. The Balaban J connectivity index is 0.943.